The smallest absolute Gasteiger partial charge is 0.0439 e. The Bertz CT molecular complexity index is 847. The number of hydrogen-bond donors (Lipinski definition) is 1. The molecule has 0 radical (unpaired) electrons. The average molecular weight is 430 g/mol. The van der Waals surface area contributed by atoms with E-state index in [9.17, 15) is 0 Å². The van der Waals surface area contributed by atoms with Crippen molar-refractivity contribution in [1.82, 2.24) is 5.32 Å². The van der Waals surface area contributed by atoms with Crippen LogP contribution in [0.2, 0.25) is 0 Å². The van der Waals surface area contributed by atoms with Crippen LogP contribution >= 0.6 is 0 Å². The van der Waals surface area contributed by atoms with Crippen molar-refractivity contribution in [1.29, 1.82) is 0 Å². The molecule has 2 aromatic rings. The van der Waals surface area contributed by atoms with Crippen molar-refractivity contribution in [3.63, 3.8) is 0 Å². The summed E-state index contributed by atoms with van der Waals surface area (Å²) in [4.78, 5) is 0. The number of allylic oxidation sites excluding steroid dienone is 2. The molecule has 0 fully saturated rings. The zero-order valence-corrected chi connectivity index (χ0v) is 20.7. The first-order chi connectivity index (χ1) is 15.3. The number of nitrogens with one attached hydrogen (secondary N) is 1. The Morgan fingerprint density at radius 2 is 1.34 bits per heavy atom. The predicted molar refractivity (Wildman–Crippen MR) is 142 cm³/mol. The van der Waals surface area contributed by atoms with Crippen LogP contribution in [0.25, 0.3) is 0 Å². The van der Waals surface area contributed by atoms with Crippen molar-refractivity contribution in [2.75, 3.05) is 0 Å². The third kappa shape index (κ3) is 8.91. The van der Waals surface area contributed by atoms with E-state index in [1.807, 2.05) is 0 Å². The van der Waals surface area contributed by atoms with E-state index in [4.69, 9.17) is 0 Å². The van der Waals surface area contributed by atoms with Crippen molar-refractivity contribution in [2.24, 2.45) is 17.8 Å². The maximum Gasteiger partial charge on any atom is 0.0439 e. The van der Waals surface area contributed by atoms with Crippen LogP contribution in [0, 0.1) is 17.8 Å². The van der Waals surface area contributed by atoms with Gasteiger partial charge in [0.15, 0.2) is 0 Å². The van der Waals surface area contributed by atoms with E-state index in [-0.39, 0.29) is 6.04 Å². The molecule has 0 amide bonds. The molecule has 2 aromatic carbocycles. The van der Waals surface area contributed by atoms with Crippen LogP contribution in [0.3, 0.4) is 0 Å². The second kappa shape index (κ2) is 13.1. The van der Waals surface area contributed by atoms with Gasteiger partial charge in [-0.3, -0.25) is 0 Å². The van der Waals surface area contributed by atoms with E-state index in [2.05, 4.69) is 113 Å². The molecule has 1 heteroatoms. The van der Waals surface area contributed by atoms with E-state index >= 15 is 0 Å². The highest BCUT2D eigenvalue weighted by Crippen LogP contribution is 2.26. The van der Waals surface area contributed by atoms with Gasteiger partial charge in [0.25, 0.3) is 0 Å². The van der Waals surface area contributed by atoms with Crippen molar-refractivity contribution in [2.45, 2.75) is 65.8 Å². The highest BCUT2D eigenvalue weighted by molar-refractivity contribution is 5.19. The summed E-state index contributed by atoms with van der Waals surface area (Å²) in [6, 6.07) is 21.7. The Morgan fingerprint density at radius 3 is 1.91 bits per heavy atom. The van der Waals surface area contributed by atoms with Crippen LogP contribution in [-0.4, -0.2) is 6.04 Å². The Morgan fingerprint density at radius 1 is 0.781 bits per heavy atom. The molecule has 3 unspecified atom stereocenters. The van der Waals surface area contributed by atoms with Crippen LogP contribution in [0.4, 0.5) is 0 Å². The highest BCUT2D eigenvalue weighted by Gasteiger charge is 2.19. The van der Waals surface area contributed by atoms with Gasteiger partial charge in [0.05, 0.1) is 0 Å². The van der Waals surface area contributed by atoms with E-state index in [1.54, 1.807) is 0 Å². The van der Waals surface area contributed by atoms with Gasteiger partial charge in [-0.2, -0.15) is 0 Å². The van der Waals surface area contributed by atoms with Gasteiger partial charge in [-0.1, -0.05) is 112 Å². The molecule has 1 nitrogen and oxygen atoms in total. The Labute approximate surface area is 197 Å². The van der Waals surface area contributed by atoms with Gasteiger partial charge >= 0.3 is 0 Å². The molecule has 0 saturated heterocycles. The summed E-state index contributed by atoms with van der Waals surface area (Å²) >= 11 is 0. The molecule has 0 aliphatic heterocycles. The van der Waals surface area contributed by atoms with Crippen LogP contribution in [-0.2, 0) is 12.8 Å². The second-order valence-corrected chi connectivity index (χ2v) is 9.79. The number of hydrogen-bond acceptors (Lipinski definition) is 1. The van der Waals surface area contributed by atoms with Crippen molar-refractivity contribution in [3.8, 4) is 0 Å². The van der Waals surface area contributed by atoms with Crippen molar-refractivity contribution < 1.29 is 0 Å². The number of benzene rings is 2. The van der Waals surface area contributed by atoms with Gasteiger partial charge in [-0.05, 0) is 67.9 Å². The fourth-order valence-corrected chi connectivity index (χ4v) is 4.12. The normalized spacial score (nSPS) is 13.9. The first-order valence-electron chi connectivity index (χ1n) is 12.1. The van der Waals surface area contributed by atoms with Crippen LogP contribution < -0.4 is 5.32 Å². The van der Waals surface area contributed by atoms with Crippen LogP contribution in [0.15, 0.2) is 97.2 Å². The van der Waals surface area contributed by atoms with Crippen molar-refractivity contribution >= 4 is 0 Å². The standard InChI is InChI=1S/C31H43N/c1-23(2)31(22-30-16-12-9-13-17-30)21-26(5)28(7)32-27(6)25(4)20-24(3)18-19-29-14-10-8-11-15-29/h8-17,23,25,28,31-32H,3,5-6,18-22H2,1-2,4,7H3. The van der Waals surface area contributed by atoms with Gasteiger partial charge in [0.2, 0.25) is 0 Å². The summed E-state index contributed by atoms with van der Waals surface area (Å²) in [6.07, 6.45) is 5.19. The lowest BCUT2D eigenvalue weighted by Gasteiger charge is -2.28. The maximum atomic E-state index is 4.43. The minimum Gasteiger partial charge on any atom is -0.382 e. The molecule has 0 aliphatic rings. The lowest BCUT2D eigenvalue weighted by atomic mass is 9.83. The zero-order chi connectivity index (χ0) is 23.5. The van der Waals surface area contributed by atoms with Gasteiger partial charge < -0.3 is 5.32 Å². The largest absolute Gasteiger partial charge is 0.382 e. The van der Waals surface area contributed by atoms with Crippen LogP contribution in [0.5, 0.6) is 0 Å². The molecule has 0 aliphatic carbocycles. The summed E-state index contributed by atoms with van der Waals surface area (Å²) in [5, 5.41) is 3.63. The monoisotopic (exact) mass is 429 g/mol. The number of aryl methyl sites for hydroxylation is 1. The topological polar surface area (TPSA) is 12.0 Å². The first kappa shape index (κ1) is 25.7. The molecule has 0 aromatic heterocycles. The Hall–Kier alpha value is -2.54. The van der Waals surface area contributed by atoms with Crippen molar-refractivity contribution in [3.05, 3.63) is 108 Å². The maximum absolute atomic E-state index is 4.43. The van der Waals surface area contributed by atoms with Gasteiger partial charge in [0.1, 0.15) is 0 Å². The fourth-order valence-electron chi connectivity index (χ4n) is 4.12. The molecule has 2 rings (SSSR count). The Balaban J connectivity index is 1.80. The lowest BCUT2D eigenvalue weighted by molar-refractivity contribution is 0.370. The molecule has 1 N–H and O–H groups in total. The summed E-state index contributed by atoms with van der Waals surface area (Å²) < 4.78 is 0. The van der Waals surface area contributed by atoms with E-state index < -0.39 is 0 Å². The SMILES string of the molecule is C=C(CCc1ccccc1)CC(C)C(=C)NC(C)C(=C)CC(Cc1ccccc1)C(C)C. The molecule has 0 bridgehead atoms. The third-order valence-corrected chi connectivity index (χ3v) is 6.62. The van der Waals surface area contributed by atoms with E-state index in [1.165, 1.54) is 22.3 Å². The third-order valence-electron chi connectivity index (χ3n) is 6.62. The predicted octanol–water partition coefficient (Wildman–Crippen LogP) is 8.15. The van der Waals surface area contributed by atoms with E-state index in [0.29, 0.717) is 17.8 Å². The van der Waals surface area contributed by atoms with Gasteiger partial charge in [-0.25, -0.2) is 0 Å². The van der Waals surface area contributed by atoms with Gasteiger partial charge in [-0.15, -0.1) is 0 Å². The summed E-state index contributed by atoms with van der Waals surface area (Å²) in [7, 11) is 0. The van der Waals surface area contributed by atoms with Crippen LogP contribution in [0.1, 0.15) is 58.1 Å². The summed E-state index contributed by atoms with van der Waals surface area (Å²) in [5.41, 5.74) is 6.42. The molecular formula is C31H43N. The molecule has 0 spiro atoms. The number of rotatable bonds is 14. The summed E-state index contributed by atoms with van der Waals surface area (Å²) in [6.45, 7) is 22.2. The molecule has 172 valence electrons. The zero-order valence-electron chi connectivity index (χ0n) is 20.7. The fraction of sp³-hybridized carbons (Fsp3) is 0.419. The second-order valence-electron chi connectivity index (χ2n) is 9.79. The molecule has 0 heterocycles. The Kier molecular flexibility index (Phi) is 10.5. The minimum absolute atomic E-state index is 0.222. The van der Waals surface area contributed by atoms with E-state index in [0.717, 1.165) is 37.8 Å². The molecule has 3 atom stereocenters. The van der Waals surface area contributed by atoms with Gasteiger partial charge in [0, 0.05) is 11.7 Å². The summed E-state index contributed by atoms with van der Waals surface area (Å²) in [5.74, 6) is 1.57. The molecule has 0 saturated carbocycles. The minimum atomic E-state index is 0.222. The molecule has 32 heavy (non-hydrogen) atoms. The quantitative estimate of drug-likeness (QED) is 0.299. The first-order valence-corrected chi connectivity index (χ1v) is 12.1. The average Bonchev–Trinajstić information content (AvgIpc) is 2.78. The highest BCUT2D eigenvalue weighted by atomic mass is 14.9. The molecular weight excluding hydrogens is 386 g/mol. The lowest BCUT2D eigenvalue weighted by Crippen LogP contribution is -2.30.